The molecule has 2 N–H and O–H groups in total. The largest absolute Gasteiger partial charge is 0.462 e. The van der Waals surface area contributed by atoms with E-state index in [1.165, 1.54) is 12.1 Å². The summed E-state index contributed by atoms with van der Waals surface area (Å²) >= 11 is 0. The molecule has 1 atom stereocenters. The van der Waals surface area contributed by atoms with Crippen LogP contribution in [0.4, 0.5) is 15.9 Å². The predicted molar refractivity (Wildman–Crippen MR) is 118 cm³/mol. The Morgan fingerprint density at radius 2 is 1.97 bits per heavy atom. The third kappa shape index (κ3) is 4.63. The number of sulfonamides is 1. The number of aromatic nitrogens is 1. The van der Waals surface area contributed by atoms with Crippen LogP contribution in [0.5, 0.6) is 0 Å². The topological polar surface area (TPSA) is 97.4 Å². The number of carbonyl (C=O) groups is 1. The summed E-state index contributed by atoms with van der Waals surface area (Å²) in [5.74, 6) is -0.621. The van der Waals surface area contributed by atoms with Crippen molar-refractivity contribution in [3.8, 4) is 0 Å². The number of pyridine rings is 1. The van der Waals surface area contributed by atoms with Gasteiger partial charge in [-0.05, 0) is 79.4 Å². The molecule has 2 aromatic carbocycles. The predicted octanol–water partition coefficient (Wildman–Crippen LogP) is 4.11. The standard InChI is InChI=1S/C23H22FN3O4S/c1-2-31-23(28)19-4-3-13-25-22(19)26-17-9-5-15-6-12-21(20(15)14-17)27-32(29,30)18-10-7-16(24)8-11-18/h3-5,7-11,13-14,21,27H,2,6,12H2,1H3,(H,25,26). The first-order valence-corrected chi connectivity index (χ1v) is 11.7. The van der Waals surface area contributed by atoms with Crippen molar-refractivity contribution < 1.29 is 22.3 Å². The molecule has 32 heavy (non-hydrogen) atoms. The second-order valence-electron chi connectivity index (χ2n) is 7.33. The number of nitrogens with one attached hydrogen (secondary N) is 2. The lowest BCUT2D eigenvalue weighted by Crippen LogP contribution is -2.27. The number of anilines is 2. The molecule has 0 saturated carbocycles. The molecule has 9 heteroatoms. The number of carbonyl (C=O) groups excluding carboxylic acids is 1. The van der Waals surface area contributed by atoms with Crippen LogP contribution < -0.4 is 10.0 Å². The molecule has 1 heterocycles. The highest BCUT2D eigenvalue weighted by Gasteiger charge is 2.28. The van der Waals surface area contributed by atoms with Crippen LogP contribution >= 0.6 is 0 Å². The highest BCUT2D eigenvalue weighted by Crippen LogP contribution is 2.35. The maximum absolute atomic E-state index is 13.2. The van der Waals surface area contributed by atoms with E-state index in [2.05, 4.69) is 15.0 Å². The number of fused-ring (bicyclic) bond motifs is 1. The Balaban J connectivity index is 1.57. The number of halogens is 1. The molecule has 1 aliphatic rings. The molecular formula is C23H22FN3O4S. The van der Waals surface area contributed by atoms with Crippen molar-refractivity contribution in [2.24, 2.45) is 0 Å². The van der Waals surface area contributed by atoms with E-state index in [-0.39, 0.29) is 11.5 Å². The Hall–Kier alpha value is -3.30. The minimum atomic E-state index is -3.81. The Kier molecular flexibility index (Phi) is 6.20. The molecule has 3 aromatic rings. The van der Waals surface area contributed by atoms with Gasteiger partial charge in [0.25, 0.3) is 0 Å². The van der Waals surface area contributed by atoms with Crippen molar-refractivity contribution in [1.82, 2.24) is 9.71 Å². The third-order valence-electron chi connectivity index (χ3n) is 5.21. The first-order chi connectivity index (χ1) is 15.4. The van der Waals surface area contributed by atoms with Gasteiger partial charge >= 0.3 is 5.97 Å². The van der Waals surface area contributed by atoms with Crippen LogP contribution in [0.25, 0.3) is 0 Å². The van der Waals surface area contributed by atoms with Gasteiger partial charge in [-0.25, -0.2) is 27.3 Å². The zero-order valence-corrected chi connectivity index (χ0v) is 18.2. The van der Waals surface area contributed by atoms with E-state index in [1.807, 2.05) is 18.2 Å². The van der Waals surface area contributed by atoms with Gasteiger partial charge < -0.3 is 10.1 Å². The van der Waals surface area contributed by atoms with Gasteiger partial charge in [0.15, 0.2) is 0 Å². The highest BCUT2D eigenvalue weighted by molar-refractivity contribution is 7.89. The number of esters is 1. The van der Waals surface area contributed by atoms with Crippen molar-refractivity contribution in [3.63, 3.8) is 0 Å². The summed E-state index contributed by atoms with van der Waals surface area (Å²) < 4.78 is 46.5. The molecule has 166 valence electrons. The average molecular weight is 456 g/mol. The Bertz CT molecular complexity index is 1250. The van der Waals surface area contributed by atoms with Crippen LogP contribution in [0.3, 0.4) is 0 Å². The molecule has 1 aromatic heterocycles. The molecule has 1 aliphatic carbocycles. The quantitative estimate of drug-likeness (QED) is 0.521. The number of nitrogens with zero attached hydrogens (tertiary/aromatic N) is 1. The lowest BCUT2D eigenvalue weighted by molar-refractivity contribution is 0.0527. The monoisotopic (exact) mass is 455 g/mol. The zero-order valence-electron chi connectivity index (χ0n) is 17.3. The summed E-state index contributed by atoms with van der Waals surface area (Å²) in [4.78, 5) is 16.5. The Labute approximate surface area is 185 Å². The van der Waals surface area contributed by atoms with Gasteiger partial charge in [-0.1, -0.05) is 6.07 Å². The van der Waals surface area contributed by atoms with E-state index < -0.39 is 27.9 Å². The second kappa shape index (κ2) is 9.05. The summed E-state index contributed by atoms with van der Waals surface area (Å²) in [6, 6.07) is 13.2. The maximum Gasteiger partial charge on any atom is 0.341 e. The van der Waals surface area contributed by atoms with Crippen molar-refractivity contribution in [2.45, 2.75) is 30.7 Å². The second-order valence-corrected chi connectivity index (χ2v) is 9.04. The highest BCUT2D eigenvalue weighted by atomic mass is 32.2. The Morgan fingerprint density at radius 1 is 1.19 bits per heavy atom. The van der Waals surface area contributed by atoms with Gasteiger partial charge in [0, 0.05) is 17.9 Å². The fourth-order valence-electron chi connectivity index (χ4n) is 3.69. The Morgan fingerprint density at radius 3 is 2.72 bits per heavy atom. The molecule has 7 nitrogen and oxygen atoms in total. The molecule has 0 amide bonds. The van der Waals surface area contributed by atoms with E-state index in [9.17, 15) is 17.6 Å². The van der Waals surface area contributed by atoms with Gasteiger partial charge in [-0.15, -0.1) is 0 Å². The van der Waals surface area contributed by atoms with E-state index in [4.69, 9.17) is 4.74 Å². The minimum absolute atomic E-state index is 0.00851. The van der Waals surface area contributed by atoms with E-state index in [0.29, 0.717) is 23.5 Å². The van der Waals surface area contributed by atoms with E-state index in [1.54, 1.807) is 25.3 Å². The number of hydrogen-bond donors (Lipinski definition) is 2. The molecule has 0 bridgehead atoms. The third-order valence-corrected chi connectivity index (χ3v) is 6.70. The van der Waals surface area contributed by atoms with E-state index in [0.717, 1.165) is 29.7 Å². The lowest BCUT2D eigenvalue weighted by Gasteiger charge is -2.16. The van der Waals surface area contributed by atoms with Crippen molar-refractivity contribution in [3.05, 3.63) is 83.3 Å². The fourth-order valence-corrected chi connectivity index (χ4v) is 4.94. The summed E-state index contributed by atoms with van der Waals surface area (Å²) in [6.45, 7) is 1.98. The fraction of sp³-hybridized carbons (Fsp3) is 0.217. The summed E-state index contributed by atoms with van der Waals surface area (Å²) in [5, 5.41) is 3.13. The summed E-state index contributed by atoms with van der Waals surface area (Å²) in [5.41, 5.74) is 2.85. The first-order valence-electron chi connectivity index (χ1n) is 10.2. The first kappa shape index (κ1) is 21.9. The van der Waals surface area contributed by atoms with Gasteiger partial charge in [-0.3, -0.25) is 0 Å². The van der Waals surface area contributed by atoms with Gasteiger partial charge in [-0.2, -0.15) is 0 Å². The summed E-state index contributed by atoms with van der Waals surface area (Å²) in [6.07, 6.45) is 2.90. The SMILES string of the molecule is CCOC(=O)c1cccnc1Nc1ccc2c(c1)C(NS(=O)(=O)c1ccc(F)cc1)CC2. The van der Waals surface area contributed by atoms with Crippen LogP contribution in [0, 0.1) is 5.82 Å². The number of rotatable bonds is 7. The smallest absolute Gasteiger partial charge is 0.341 e. The van der Waals surface area contributed by atoms with Crippen LogP contribution in [-0.4, -0.2) is 26.0 Å². The van der Waals surface area contributed by atoms with Gasteiger partial charge in [0.05, 0.1) is 11.5 Å². The van der Waals surface area contributed by atoms with Crippen molar-refractivity contribution in [2.75, 3.05) is 11.9 Å². The number of hydrogen-bond acceptors (Lipinski definition) is 6. The molecule has 0 aliphatic heterocycles. The lowest BCUT2D eigenvalue weighted by atomic mass is 10.1. The zero-order chi connectivity index (χ0) is 22.7. The molecular weight excluding hydrogens is 433 g/mol. The number of aryl methyl sites for hydroxylation is 1. The van der Waals surface area contributed by atoms with Crippen LogP contribution in [-0.2, 0) is 21.2 Å². The molecule has 1 unspecified atom stereocenters. The molecule has 0 saturated heterocycles. The maximum atomic E-state index is 13.2. The van der Waals surface area contributed by atoms with Gasteiger partial charge in [0.2, 0.25) is 10.0 Å². The molecule has 0 spiro atoms. The van der Waals surface area contributed by atoms with Crippen molar-refractivity contribution in [1.29, 1.82) is 0 Å². The number of ether oxygens (including phenoxy) is 1. The van der Waals surface area contributed by atoms with Gasteiger partial charge in [0.1, 0.15) is 17.2 Å². The van der Waals surface area contributed by atoms with E-state index >= 15 is 0 Å². The molecule has 0 fully saturated rings. The van der Waals surface area contributed by atoms with Crippen LogP contribution in [0.2, 0.25) is 0 Å². The van der Waals surface area contributed by atoms with Crippen molar-refractivity contribution >= 4 is 27.5 Å². The van der Waals surface area contributed by atoms with Crippen LogP contribution in [0.15, 0.2) is 65.7 Å². The molecule has 4 rings (SSSR count). The normalized spacial score (nSPS) is 15.2. The minimum Gasteiger partial charge on any atom is -0.462 e. The molecule has 0 radical (unpaired) electrons. The number of benzene rings is 2. The van der Waals surface area contributed by atoms with Crippen LogP contribution in [0.1, 0.15) is 40.9 Å². The average Bonchev–Trinajstić information content (AvgIpc) is 3.16. The summed E-state index contributed by atoms with van der Waals surface area (Å²) in [7, 11) is -3.81.